The van der Waals surface area contributed by atoms with Crippen molar-refractivity contribution in [2.24, 2.45) is 0 Å². The Morgan fingerprint density at radius 2 is 0.455 bits per heavy atom. The summed E-state index contributed by atoms with van der Waals surface area (Å²) in [6.07, 6.45) is 0. The van der Waals surface area contributed by atoms with Crippen LogP contribution in [-0.4, -0.2) is 19.8 Å². The van der Waals surface area contributed by atoms with Gasteiger partial charge >= 0.3 is 0 Å². The molecule has 0 bridgehead atoms. The molecule has 0 fully saturated rings. The topological polar surface area (TPSA) is 30.0 Å². The van der Waals surface area contributed by atoms with E-state index in [1.165, 1.54) is 38.9 Å². The molecule has 276 valence electrons. The number of phenolic OH excluding ortho intramolecular Hbond substituents is 1. The number of hydrogen-bond acceptors (Lipinski definition) is 4. The van der Waals surface area contributed by atoms with E-state index in [4.69, 9.17) is 0 Å². The van der Waals surface area contributed by atoms with Gasteiger partial charge in [0.05, 0.1) is 0 Å². The predicted molar refractivity (Wildman–Crippen MR) is 226 cm³/mol. The van der Waals surface area contributed by atoms with Crippen molar-refractivity contribution in [2.75, 3.05) is 0 Å². The monoisotopic (exact) mass is 721 g/mol. The fourth-order valence-electron chi connectivity index (χ4n) is 7.46. The van der Waals surface area contributed by atoms with E-state index in [0.29, 0.717) is 18.8 Å². The number of hydrogen-bond donors (Lipinski definition) is 1. The van der Waals surface area contributed by atoms with Crippen LogP contribution >= 0.6 is 0 Å². The Labute approximate surface area is 327 Å². The molecule has 0 radical (unpaired) electrons. The van der Waals surface area contributed by atoms with Crippen molar-refractivity contribution < 1.29 is 5.11 Å². The van der Waals surface area contributed by atoms with Gasteiger partial charge in [-0.1, -0.05) is 182 Å². The Bertz CT molecular complexity index is 1910. The molecule has 0 aliphatic heterocycles. The fraction of sp³-hybridized carbons (Fsp3) is 0.176. The average molecular weight is 722 g/mol. The first kappa shape index (κ1) is 37.5. The van der Waals surface area contributed by atoms with Crippen molar-refractivity contribution >= 4 is 0 Å². The molecule has 55 heavy (non-hydrogen) atoms. The summed E-state index contributed by atoms with van der Waals surface area (Å²) in [5.74, 6) is 0.388. The van der Waals surface area contributed by atoms with Crippen molar-refractivity contribution in [3.05, 3.63) is 244 Å². The van der Waals surface area contributed by atoms with Crippen LogP contribution < -0.4 is 0 Å². The highest BCUT2D eigenvalue weighted by Gasteiger charge is 2.19. The van der Waals surface area contributed by atoms with E-state index in [9.17, 15) is 5.11 Å². The summed E-state index contributed by atoms with van der Waals surface area (Å²) in [6, 6.07) is 68.6. The molecule has 0 heterocycles. The van der Waals surface area contributed by atoms with Gasteiger partial charge in [0.25, 0.3) is 0 Å². The van der Waals surface area contributed by atoms with Crippen LogP contribution in [0.15, 0.2) is 194 Å². The van der Waals surface area contributed by atoms with Gasteiger partial charge in [0.1, 0.15) is 5.75 Å². The summed E-state index contributed by atoms with van der Waals surface area (Å²) in [7, 11) is 0. The van der Waals surface area contributed by atoms with Crippen molar-refractivity contribution in [2.45, 2.75) is 58.9 Å². The summed E-state index contributed by atoms with van der Waals surface area (Å²) in [6.45, 7) is 6.73. The van der Waals surface area contributed by atoms with Crippen LogP contribution in [0.4, 0.5) is 0 Å². The van der Waals surface area contributed by atoms with E-state index in [1.807, 2.05) is 0 Å². The van der Waals surface area contributed by atoms with Gasteiger partial charge in [-0.3, -0.25) is 14.7 Å². The second-order valence-corrected chi connectivity index (χ2v) is 14.6. The quantitative estimate of drug-likeness (QED) is 0.0956. The summed E-state index contributed by atoms with van der Waals surface area (Å²) < 4.78 is 0. The highest BCUT2D eigenvalue weighted by molar-refractivity contribution is 5.44. The summed E-state index contributed by atoms with van der Waals surface area (Å²) >= 11 is 0. The third kappa shape index (κ3) is 11.6. The molecule has 0 saturated carbocycles. The maximum atomic E-state index is 12.3. The molecule has 0 amide bonds. The lowest BCUT2D eigenvalue weighted by molar-refractivity contribution is 0.234. The van der Waals surface area contributed by atoms with Crippen LogP contribution in [0.1, 0.15) is 50.1 Å². The minimum absolute atomic E-state index is 0.388. The van der Waals surface area contributed by atoms with Crippen LogP contribution in [0.25, 0.3) is 0 Å². The molecule has 7 rings (SSSR count). The van der Waals surface area contributed by atoms with Gasteiger partial charge in [0.2, 0.25) is 0 Å². The maximum Gasteiger partial charge on any atom is 0.124 e. The zero-order chi connectivity index (χ0) is 37.5. The van der Waals surface area contributed by atoms with Gasteiger partial charge in [0.15, 0.2) is 0 Å². The Balaban J connectivity index is 1.26. The summed E-state index contributed by atoms with van der Waals surface area (Å²) in [4.78, 5) is 7.41. The van der Waals surface area contributed by atoms with E-state index >= 15 is 0 Å². The minimum Gasteiger partial charge on any atom is -0.507 e. The Morgan fingerprint density at radius 1 is 0.255 bits per heavy atom. The Kier molecular flexibility index (Phi) is 13.3. The van der Waals surface area contributed by atoms with Gasteiger partial charge in [-0.05, 0) is 51.1 Å². The highest BCUT2D eigenvalue weighted by Crippen LogP contribution is 2.31. The van der Waals surface area contributed by atoms with E-state index in [0.717, 1.165) is 56.9 Å². The van der Waals surface area contributed by atoms with Crippen LogP contribution in [-0.2, 0) is 58.9 Å². The Hall–Kier alpha value is -5.78. The van der Waals surface area contributed by atoms with Crippen molar-refractivity contribution in [3.63, 3.8) is 0 Å². The molecule has 0 aliphatic rings. The standard InChI is InChI=1S/C51H51N3O/c55-51-49(40-53(35-44-23-11-3-12-24-44)36-45-25-13-4-14-26-45)31-48(39-52(33-42-19-7-1-8-20-42)34-43-21-9-2-10-22-43)32-50(51)41-54(37-46-27-15-5-16-28-46)38-47-29-17-6-18-30-47/h1-32,55H,33-41H2. The van der Waals surface area contributed by atoms with E-state index in [2.05, 4.69) is 209 Å². The third-order valence-corrected chi connectivity index (χ3v) is 10.0. The van der Waals surface area contributed by atoms with Gasteiger partial charge < -0.3 is 5.11 Å². The molecule has 0 aromatic heterocycles. The third-order valence-electron chi connectivity index (χ3n) is 10.0. The number of aromatic hydroxyl groups is 1. The van der Waals surface area contributed by atoms with Crippen molar-refractivity contribution in [1.29, 1.82) is 0 Å². The molecule has 0 aliphatic carbocycles. The van der Waals surface area contributed by atoms with Gasteiger partial charge in [-0.2, -0.15) is 0 Å². The lowest BCUT2D eigenvalue weighted by atomic mass is 10.0. The largest absolute Gasteiger partial charge is 0.507 e. The lowest BCUT2D eigenvalue weighted by Gasteiger charge is -2.28. The van der Waals surface area contributed by atoms with E-state index in [1.54, 1.807) is 0 Å². The van der Waals surface area contributed by atoms with Crippen LogP contribution in [0, 0.1) is 0 Å². The highest BCUT2D eigenvalue weighted by atomic mass is 16.3. The zero-order valence-corrected chi connectivity index (χ0v) is 31.6. The number of rotatable bonds is 18. The van der Waals surface area contributed by atoms with Gasteiger partial charge in [0, 0.05) is 70.0 Å². The fourth-order valence-corrected chi connectivity index (χ4v) is 7.46. The normalized spacial score (nSPS) is 11.4. The molecule has 0 unspecified atom stereocenters. The second kappa shape index (κ2) is 19.5. The molecule has 1 N–H and O–H groups in total. The smallest absolute Gasteiger partial charge is 0.124 e. The van der Waals surface area contributed by atoms with Crippen molar-refractivity contribution in [3.8, 4) is 5.75 Å². The first-order valence-electron chi connectivity index (χ1n) is 19.4. The van der Waals surface area contributed by atoms with E-state index in [-0.39, 0.29) is 0 Å². The second-order valence-electron chi connectivity index (χ2n) is 14.6. The summed E-state index contributed by atoms with van der Waals surface area (Å²) in [5.41, 5.74) is 10.7. The predicted octanol–water partition coefficient (Wildman–Crippen LogP) is 11.0. The average Bonchev–Trinajstić information content (AvgIpc) is 3.22. The number of nitrogens with zero attached hydrogens (tertiary/aromatic N) is 3. The molecule has 0 atom stereocenters. The molecule has 0 saturated heterocycles. The maximum absolute atomic E-state index is 12.3. The van der Waals surface area contributed by atoms with Crippen LogP contribution in [0.2, 0.25) is 0 Å². The summed E-state index contributed by atoms with van der Waals surface area (Å²) in [5, 5.41) is 12.3. The SMILES string of the molecule is Oc1c(CN(Cc2ccccc2)Cc2ccccc2)cc(CN(Cc2ccccc2)Cc2ccccc2)cc1CN(Cc1ccccc1)Cc1ccccc1. The van der Waals surface area contributed by atoms with E-state index < -0.39 is 0 Å². The van der Waals surface area contributed by atoms with Gasteiger partial charge in [-0.15, -0.1) is 0 Å². The first-order valence-corrected chi connectivity index (χ1v) is 19.4. The lowest BCUT2D eigenvalue weighted by Crippen LogP contribution is -2.25. The number of benzene rings is 7. The number of phenols is 1. The molecular weight excluding hydrogens is 671 g/mol. The van der Waals surface area contributed by atoms with Crippen molar-refractivity contribution in [1.82, 2.24) is 14.7 Å². The Morgan fingerprint density at radius 3 is 0.691 bits per heavy atom. The molecule has 7 aromatic rings. The molecule has 4 nitrogen and oxygen atoms in total. The van der Waals surface area contributed by atoms with Gasteiger partial charge in [-0.25, -0.2) is 0 Å². The molecular formula is C51H51N3O. The minimum atomic E-state index is 0.388. The van der Waals surface area contributed by atoms with Crippen LogP contribution in [0.3, 0.4) is 0 Å². The first-order chi connectivity index (χ1) is 27.1. The molecule has 0 spiro atoms. The van der Waals surface area contributed by atoms with Crippen LogP contribution in [0.5, 0.6) is 5.75 Å². The molecule has 7 aromatic carbocycles. The molecule has 4 heteroatoms. The zero-order valence-electron chi connectivity index (χ0n) is 31.6.